The fraction of sp³-hybridized carbons (Fsp3) is 0.400. The summed E-state index contributed by atoms with van der Waals surface area (Å²) >= 11 is 0. The largest absolute Gasteiger partial charge is 0.393 e. The smallest absolute Gasteiger partial charge is 0.330 e. The molecule has 2 rings (SSSR count). The zero-order valence-corrected chi connectivity index (χ0v) is 8.71. The third-order valence-corrected chi connectivity index (χ3v) is 2.40. The van der Waals surface area contributed by atoms with E-state index in [0.29, 0.717) is 5.56 Å². The number of hydrogen-bond acceptors (Lipinski definition) is 4. The molecule has 0 aliphatic carbocycles. The summed E-state index contributed by atoms with van der Waals surface area (Å²) in [5.41, 5.74) is -0.491. The molecule has 0 saturated heterocycles. The first-order valence-electron chi connectivity index (χ1n) is 4.88. The Hall–Kier alpha value is -1.66. The Bertz CT molecular complexity index is 528. The highest BCUT2D eigenvalue weighted by molar-refractivity contribution is 5.06. The third-order valence-electron chi connectivity index (χ3n) is 2.40. The highest BCUT2D eigenvalue weighted by atomic mass is 16.5. The van der Waals surface area contributed by atoms with Crippen molar-refractivity contribution in [3.8, 4) is 0 Å². The summed E-state index contributed by atoms with van der Waals surface area (Å²) in [5.74, 6) is 0. The fourth-order valence-corrected chi connectivity index (χ4v) is 1.53. The van der Waals surface area contributed by atoms with E-state index >= 15 is 0 Å². The van der Waals surface area contributed by atoms with Gasteiger partial charge in [-0.05, 0) is 13.0 Å². The quantitative estimate of drug-likeness (QED) is 0.650. The second kappa shape index (κ2) is 4.07. The van der Waals surface area contributed by atoms with Crippen molar-refractivity contribution in [2.45, 2.75) is 19.3 Å². The van der Waals surface area contributed by atoms with Gasteiger partial charge in [-0.3, -0.25) is 14.3 Å². The molecule has 1 unspecified atom stereocenters. The van der Waals surface area contributed by atoms with Crippen LogP contribution in [0.5, 0.6) is 0 Å². The van der Waals surface area contributed by atoms with Gasteiger partial charge in [0.2, 0.25) is 0 Å². The highest BCUT2D eigenvalue weighted by Gasteiger charge is 2.20. The van der Waals surface area contributed by atoms with Gasteiger partial charge in [-0.15, -0.1) is 0 Å². The number of aromatic amines is 1. The first kappa shape index (κ1) is 10.8. The van der Waals surface area contributed by atoms with Gasteiger partial charge in [-0.2, -0.15) is 0 Å². The first-order chi connectivity index (χ1) is 7.61. The predicted molar refractivity (Wildman–Crippen MR) is 56.2 cm³/mol. The molecule has 6 nitrogen and oxygen atoms in total. The lowest BCUT2D eigenvalue weighted by Gasteiger charge is -2.14. The lowest BCUT2D eigenvalue weighted by atomic mass is 10.3. The van der Waals surface area contributed by atoms with Crippen LogP contribution in [0.1, 0.15) is 11.8 Å². The molecule has 16 heavy (non-hydrogen) atoms. The molecule has 86 valence electrons. The average Bonchev–Trinajstić information content (AvgIpc) is 2.71. The summed E-state index contributed by atoms with van der Waals surface area (Å²) < 4.78 is 6.63. The summed E-state index contributed by atoms with van der Waals surface area (Å²) in [6, 6.07) is 0. The zero-order valence-electron chi connectivity index (χ0n) is 8.71. The number of nitrogens with zero attached hydrogens (tertiary/aromatic N) is 1. The van der Waals surface area contributed by atoms with Crippen LogP contribution in [-0.2, 0) is 4.74 Å². The molecule has 0 spiro atoms. The van der Waals surface area contributed by atoms with Crippen molar-refractivity contribution in [2.24, 2.45) is 0 Å². The average molecular weight is 224 g/mol. The lowest BCUT2D eigenvalue weighted by Crippen LogP contribution is -2.33. The number of H-pyrrole nitrogens is 1. The van der Waals surface area contributed by atoms with Crippen molar-refractivity contribution in [3.63, 3.8) is 0 Å². The number of rotatable bonds is 2. The molecule has 1 aromatic heterocycles. The highest BCUT2D eigenvalue weighted by Crippen LogP contribution is 2.18. The van der Waals surface area contributed by atoms with Crippen molar-refractivity contribution in [2.75, 3.05) is 6.61 Å². The monoisotopic (exact) mass is 224 g/mol. The SMILES string of the molecule is Cc1cn([C@H]2C=CC(CO)O2)c(=O)[nH]c1=O. The molecule has 2 atom stereocenters. The number of hydrogen-bond donors (Lipinski definition) is 2. The Morgan fingerprint density at radius 2 is 2.25 bits per heavy atom. The summed E-state index contributed by atoms with van der Waals surface area (Å²) in [6.07, 6.45) is 3.82. The number of ether oxygens (including phenoxy) is 1. The van der Waals surface area contributed by atoms with Gasteiger partial charge in [-0.1, -0.05) is 6.08 Å². The second-order valence-electron chi connectivity index (χ2n) is 3.61. The van der Waals surface area contributed by atoms with Crippen molar-refractivity contribution < 1.29 is 9.84 Å². The topological polar surface area (TPSA) is 84.3 Å². The van der Waals surface area contributed by atoms with E-state index in [1.165, 1.54) is 10.8 Å². The molecule has 0 fully saturated rings. The van der Waals surface area contributed by atoms with Crippen LogP contribution in [0.15, 0.2) is 27.9 Å². The van der Waals surface area contributed by atoms with Crippen LogP contribution in [0.2, 0.25) is 0 Å². The molecule has 0 saturated carbocycles. The summed E-state index contributed by atoms with van der Waals surface area (Å²) in [7, 11) is 0. The standard InChI is InChI=1S/C10H12N2O4/c1-6-4-12(10(15)11-9(6)14)8-3-2-7(5-13)16-8/h2-4,7-8,13H,5H2,1H3,(H,11,14,15)/t7?,8-/m1/s1. The minimum atomic E-state index is -0.569. The molecule has 6 heteroatoms. The van der Waals surface area contributed by atoms with Gasteiger partial charge >= 0.3 is 5.69 Å². The molecule has 0 radical (unpaired) electrons. The van der Waals surface area contributed by atoms with Crippen molar-refractivity contribution >= 4 is 0 Å². The third kappa shape index (κ3) is 1.84. The molecule has 0 aromatic carbocycles. The molecule has 1 aliphatic rings. The number of aromatic nitrogens is 2. The maximum Gasteiger partial charge on any atom is 0.330 e. The normalized spacial score (nSPS) is 23.9. The summed E-state index contributed by atoms with van der Waals surface area (Å²) in [4.78, 5) is 24.9. The Labute approximate surface area is 90.8 Å². The molecule has 0 amide bonds. The van der Waals surface area contributed by atoms with Crippen LogP contribution in [0.4, 0.5) is 0 Å². The molecule has 2 N–H and O–H groups in total. The van der Waals surface area contributed by atoms with E-state index in [1.807, 2.05) is 0 Å². The van der Waals surface area contributed by atoms with Gasteiger partial charge in [0.25, 0.3) is 5.56 Å². The minimum Gasteiger partial charge on any atom is -0.393 e. The van der Waals surface area contributed by atoms with Crippen LogP contribution >= 0.6 is 0 Å². The second-order valence-corrected chi connectivity index (χ2v) is 3.61. The molecule has 2 heterocycles. The van der Waals surface area contributed by atoms with Crippen molar-refractivity contribution in [1.82, 2.24) is 9.55 Å². The van der Waals surface area contributed by atoms with Crippen LogP contribution in [0.3, 0.4) is 0 Å². The molecule has 1 aromatic rings. The first-order valence-corrected chi connectivity index (χ1v) is 4.88. The number of aryl methyl sites for hydroxylation is 1. The fourth-order valence-electron chi connectivity index (χ4n) is 1.53. The van der Waals surface area contributed by atoms with Gasteiger partial charge < -0.3 is 9.84 Å². The van der Waals surface area contributed by atoms with Gasteiger partial charge in [0.15, 0.2) is 6.23 Å². The molecular formula is C10H12N2O4. The summed E-state index contributed by atoms with van der Waals surface area (Å²) in [5, 5.41) is 8.88. The minimum absolute atomic E-state index is 0.135. The Morgan fingerprint density at radius 3 is 2.88 bits per heavy atom. The van der Waals surface area contributed by atoms with E-state index in [0.717, 1.165) is 0 Å². The maximum atomic E-state index is 11.5. The Morgan fingerprint density at radius 1 is 1.50 bits per heavy atom. The van der Waals surface area contributed by atoms with Crippen LogP contribution < -0.4 is 11.2 Å². The van der Waals surface area contributed by atoms with Gasteiger partial charge in [0.1, 0.15) is 6.10 Å². The van der Waals surface area contributed by atoms with Crippen molar-refractivity contribution in [3.05, 3.63) is 44.8 Å². The van der Waals surface area contributed by atoms with E-state index in [4.69, 9.17) is 9.84 Å². The molecule has 1 aliphatic heterocycles. The molecule has 0 bridgehead atoms. The van der Waals surface area contributed by atoms with E-state index in [9.17, 15) is 9.59 Å². The Kier molecular flexibility index (Phi) is 2.76. The number of aliphatic hydroxyl groups is 1. The number of aliphatic hydroxyl groups excluding tert-OH is 1. The predicted octanol–water partition coefficient (Wildman–Crippen LogP) is -0.709. The number of nitrogens with one attached hydrogen (secondary N) is 1. The van der Waals surface area contributed by atoms with Gasteiger partial charge in [0, 0.05) is 11.8 Å². The van der Waals surface area contributed by atoms with Crippen LogP contribution in [-0.4, -0.2) is 27.4 Å². The van der Waals surface area contributed by atoms with E-state index in [-0.39, 0.29) is 6.61 Å². The van der Waals surface area contributed by atoms with Crippen LogP contribution in [0.25, 0.3) is 0 Å². The van der Waals surface area contributed by atoms with E-state index in [1.54, 1.807) is 19.1 Å². The summed E-state index contributed by atoms with van der Waals surface area (Å²) in [6.45, 7) is 1.47. The zero-order chi connectivity index (χ0) is 11.7. The van der Waals surface area contributed by atoms with E-state index < -0.39 is 23.6 Å². The van der Waals surface area contributed by atoms with Crippen molar-refractivity contribution in [1.29, 1.82) is 0 Å². The lowest BCUT2D eigenvalue weighted by molar-refractivity contribution is -0.0104. The van der Waals surface area contributed by atoms with Crippen LogP contribution in [0, 0.1) is 6.92 Å². The van der Waals surface area contributed by atoms with Gasteiger partial charge in [-0.25, -0.2) is 4.79 Å². The van der Waals surface area contributed by atoms with E-state index in [2.05, 4.69) is 4.98 Å². The maximum absolute atomic E-state index is 11.5. The van der Waals surface area contributed by atoms with Gasteiger partial charge in [0.05, 0.1) is 6.61 Å². The Balaban J connectivity index is 2.36. The molecular weight excluding hydrogens is 212 g/mol.